The van der Waals surface area contributed by atoms with E-state index >= 15 is 0 Å². The van der Waals surface area contributed by atoms with E-state index in [0.717, 1.165) is 6.54 Å². The minimum Gasteiger partial charge on any atom is -0.294 e. The molecule has 3 heteroatoms. The minimum absolute atomic E-state index is 0.0696. The third-order valence-electron chi connectivity index (χ3n) is 1.68. The van der Waals surface area contributed by atoms with Crippen molar-refractivity contribution in [3.8, 4) is 0 Å². The lowest BCUT2D eigenvalue weighted by Crippen LogP contribution is -2.15. The Morgan fingerprint density at radius 1 is 1.54 bits per heavy atom. The summed E-state index contributed by atoms with van der Waals surface area (Å²) in [5.74, 6) is 0.0696. The van der Waals surface area contributed by atoms with Crippen LogP contribution in [0.2, 0.25) is 0 Å². The van der Waals surface area contributed by atoms with Gasteiger partial charge in [-0.15, -0.1) is 0 Å². The van der Waals surface area contributed by atoms with Crippen LogP contribution in [0.15, 0.2) is 12.4 Å². The third-order valence-corrected chi connectivity index (χ3v) is 1.68. The minimum atomic E-state index is 0.0696. The van der Waals surface area contributed by atoms with Crippen LogP contribution in [-0.4, -0.2) is 15.6 Å². The van der Waals surface area contributed by atoms with Crippen LogP contribution >= 0.6 is 0 Å². The summed E-state index contributed by atoms with van der Waals surface area (Å²) in [6.45, 7) is 8.81. The van der Waals surface area contributed by atoms with Crippen molar-refractivity contribution in [2.75, 3.05) is 0 Å². The third kappa shape index (κ3) is 3.01. The fourth-order valence-electron chi connectivity index (χ4n) is 1.12. The highest BCUT2D eigenvalue weighted by Crippen LogP contribution is 2.15. The van der Waals surface area contributed by atoms with E-state index in [0.29, 0.717) is 5.56 Å². The fourth-order valence-corrected chi connectivity index (χ4v) is 1.12. The lowest BCUT2D eigenvalue weighted by atomic mass is 9.97. The molecule has 0 aliphatic carbocycles. The molecule has 0 unspecified atom stereocenters. The van der Waals surface area contributed by atoms with E-state index in [9.17, 15) is 4.79 Å². The van der Waals surface area contributed by atoms with Crippen molar-refractivity contribution in [1.29, 1.82) is 0 Å². The first-order chi connectivity index (χ1) is 5.88. The zero-order valence-corrected chi connectivity index (χ0v) is 8.66. The highest BCUT2D eigenvalue weighted by molar-refractivity contribution is 5.93. The van der Waals surface area contributed by atoms with Crippen molar-refractivity contribution in [2.45, 2.75) is 34.2 Å². The smallest absolute Gasteiger partial charge is 0.162 e. The Bertz CT molecular complexity index is 307. The first kappa shape index (κ1) is 9.96. The van der Waals surface area contributed by atoms with Gasteiger partial charge in [-0.2, -0.15) is 5.10 Å². The quantitative estimate of drug-likeness (QED) is 0.653. The molecule has 0 aliphatic heterocycles. The molecule has 1 heterocycles. The molecule has 1 aromatic heterocycles. The predicted molar refractivity (Wildman–Crippen MR) is 51.7 cm³/mol. The fraction of sp³-hybridized carbons (Fsp3) is 0.600. The van der Waals surface area contributed by atoms with Crippen LogP contribution in [-0.2, 0) is 6.54 Å². The van der Waals surface area contributed by atoms with Gasteiger partial charge in [0.25, 0.3) is 0 Å². The normalized spacial score (nSPS) is 11.7. The van der Waals surface area contributed by atoms with Crippen LogP contribution in [0.1, 0.15) is 38.1 Å². The van der Waals surface area contributed by atoms with E-state index in [1.807, 2.05) is 4.68 Å². The molecule has 0 fully saturated rings. The highest BCUT2D eigenvalue weighted by Gasteiger charge is 2.12. The Kier molecular flexibility index (Phi) is 2.55. The molecule has 0 amide bonds. The average molecular weight is 180 g/mol. The number of ketones is 1. The van der Waals surface area contributed by atoms with Gasteiger partial charge >= 0.3 is 0 Å². The van der Waals surface area contributed by atoms with Gasteiger partial charge in [0.2, 0.25) is 0 Å². The summed E-state index contributed by atoms with van der Waals surface area (Å²) in [7, 11) is 0. The number of aromatic nitrogens is 2. The molecule has 72 valence electrons. The zero-order chi connectivity index (χ0) is 10.1. The molecule has 3 nitrogen and oxygen atoms in total. The summed E-state index contributed by atoms with van der Waals surface area (Å²) < 4.78 is 1.82. The van der Waals surface area contributed by atoms with Crippen molar-refractivity contribution in [1.82, 2.24) is 9.78 Å². The van der Waals surface area contributed by atoms with E-state index in [-0.39, 0.29) is 11.2 Å². The second kappa shape index (κ2) is 3.32. The van der Waals surface area contributed by atoms with Gasteiger partial charge in [0.05, 0.1) is 11.8 Å². The molecular formula is C10H16N2O. The predicted octanol–water partition coefficient (Wildman–Crippen LogP) is 2.13. The highest BCUT2D eigenvalue weighted by atomic mass is 16.1. The van der Waals surface area contributed by atoms with E-state index in [1.54, 1.807) is 19.3 Å². The summed E-state index contributed by atoms with van der Waals surface area (Å²) >= 11 is 0. The van der Waals surface area contributed by atoms with Crippen LogP contribution in [0.4, 0.5) is 0 Å². The Hall–Kier alpha value is -1.12. The van der Waals surface area contributed by atoms with Crippen LogP contribution in [0.5, 0.6) is 0 Å². The van der Waals surface area contributed by atoms with Gasteiger partial charge in [-0.1, -0.05) is 20.8 Å². The number of hydrogen-bond donors (Lipinski definition) is 0. The van der Waals surface area contributed by atoms with Gasteiger partial charge in [-0.3, -0.25) is 9.48 Å². The maximum atomic E-state index is 11.0. The SMILES string of the molecule is CC(=O)c1cnn(CC(C)(C)C)c1. The van der Waals surface area contributed by atoms with Crippen LogP contribution < -0.4 is 0 Å². The number of rotatable bonds is 2. The number of carbonyl (C=O) groups is 1. The largest absolute Gasteiger partial charge is 0.294 e. The second-order valence-corrected chi connectivity index (χ2v) is 4.54. The number of nitrogens with zero attached hydrogens (tertiary/aromatic N) is 2. The summed E-state index contributed by atoms with van der Waals surface area (Å²) in [5, 5.41) is 4.12. The average Bonchev–Trinajstić information content (AvgIpc) is 2.31. The number of carbonyl (C=O) groups excluding carboxylic acids is 1. The van der Waals surface area contributed by atoms with E-state index in [2.05, 4.69) is 25.9 Å². The summed E-state index contributed by atoms with van der Waals surface area (Å²) in [5.41, 5.74) is 0.879. The van der Waals surface area contributed by atoms with E-state index in [4.69, 9.17) is 0 Å². The molecular weight excluding hydrogens is 164 g/mol. The molecule has 0 radical (unpaired) electrons. The molecule has 0 bridgehead atoms. The molecule has 1 rings (SSSR count). The van der Waals surface area contributed by atoms with Gasteiger partial charge in [0.1, 0.15) is 0 Å². The first-order valence-electron chi connectivity index (χ1n) is 4.42. The Labute approximate surface area is 78.8 Å². The number of Topliss-reactive ketones (excluding diaryl/α,β-unsaturated/α-hetero) is 1. The lowest BCUT2D eigenvalue weighted by Gasteiger charge is -2.17. The van der Waals surface area contributed by atoms with Gasteiger partial charge in [0.15, 0.2) is 5.78 Å². The maximum Gasteiger partial charge on any atom is 0.162 e. The van der Waals surface area contributed by atoms with E-state index < -0.39 is 0 Å². The van der Waals surface area contributed by atoms with Crippen LogP contribution in [0.25, 0.3) is 0 Å². The topological polar surface area (TPSA) is 34.9 Å². The van der Waals surface area contributed by atoms with Gasteiger partial charge in [-0.25, -0.2) is 0 Å². The van der Waals surface area contributed by atoms with Crippen molar-refractivity contribution in [3.05, 3.63) is 18.0 Å². The second-order valence-electron chi connectivity index (χ2n) is 4.54. The van der Waals surface area contributed by atoms with Crippen molar-refractivity contribution in [2.24, 2.45) is 5.41 Å². The Morgan fingerprint density at radius 2 is 2.15 bits per heavy atom. The Balaban J connectivity index is 2.75. The van der Waals surface area contributed by atoms with Crippen molar-refractivity contribution >= 4 is 5.78 Å². The van der Waals surface area contributed by atoms with Crippen LogP contribution in [0, 0.1) is 5.41 Å². The monoisotopic (exact) mass is 180 g/mol. The van der Waals surface area contributed by atoms with Gasteiger partial charge in [0, 0.05) is 12.7 Å². The summed E-state index contributed by atoms with van der Waals surface area (Å²) in [4.78, 5) is 11.0. The molecule has 0 atom stereocenters. The molecule has 0 aromatic carbocycles. The summed E-state index contributed by atoms with van der Waals surface area (Å²) in [6, 6.07) is 0. The van der Waals surface area contributed by atoms with E-state index in [1.165, 1.54) is 0 Å². The molecule has 0 saturated carbocycles. The van der Waals surface area contributed by atoms with Crippen LogP contribution in [0.3, 0.4) is 0 Å². The number of hydrogen-bond acceptors (Lipinski definition) is 2. The summed E-state index contributed by atoms with van der Waals surface area (Å²) in [6.07, 6.45) is 3.42. The zero-order valence-electron chi connectivity index (χ0n) is 8.66. The van der Waals surface area contributed by atoms with Crippen molar-refractivity contribution in [3.63, 3.8) is 0 Å². The molecule has 1 aromatic rings. The lowest BCUT2D eigenvalue weighted by molar-refractivity contribution is 0.101. The van der Waals surface area contributed by atoms with Crippen molar-refractivity contribution < 1.29 is 4.79 Å². The Morgan fingerprint density at radius 3 is 2.54 bits per heavy atom. The first-order valence-corrected chi connectivity index (χ1v) is 4.42. The molecule has 0 N–H and O–H groups in total. The molecule has 0 spiro atoms. The van der Waals surface area contributed by atoms with Gasteiger partial charge < -0.3 is 0 Å². The molecule has 13 heavy (non-hydrogen) atoms. The molecule has 0 saturated heterocycles. The molecule has 0 aliphatic rings. The van der Waals surface area contributed by atoms with Gasteiger partial charge in [-0.05, 0) is 12.3 Å². The standard InChI is InChI=1S/C10H16N2O/c1-8(13)9-5-11-12(6-9)7-10(2,3)4/h5-6H,7H2,1-4H3. The maximum absolute atomic E-state index is 11.0.